The van der Waals surface area contributed by atoms with Gasteiger partial charge in [0.2, 0.25) is 0 Å². The Morgan fingerprint density at radius 1 is 0.396 bits per heavy atom. The van der Waals surface area contributed by atoms with Crippen molar-refractivity contribution in [2.24, 2.45) is 9.98 Å². The largest absolute Gasteiger partial charge is 0.456 e. The first-order valence-corrected chi connectivity index (χ1v) is 17.9. The number of nitrogens with one attached hydrogen (secondary N) is 1. The first-order chi connectivity index (χ1) is 26.2. The quantitative estimate of drug-likeness (QED) is 0.190. The lowest BCUT2D eigenvalue weighted by atomic mass is 9.98. The van der Waals surface area contributed by atoms with E-state index in [0.29, 0.717) is 0 Å². The van der Waals surface area contributed by atoms with Crippen molar-refractivity contribution in [3.05, 3.63) is 205 Å². The number of rotatable bonds is 6. The van der Waals surface area contributed by atoms with Gasteiger partial charge in [0.05, 0.1) is 0 Å². The van der Waals surface area contributed by atoms with Crippen LogP contribution in [0.5, 0.6) is 0 Å². The summed E-state index contributed by atoms with van der Waals surface area (Å²) in [6, 6.07) is 65.9. The molecule has 0 saturated heterocycles. The molecule has 10 rings (SSSR count). The smallest absolute Gasteiger partial charge is 0.169 e. The first-order valence-electron chi connectivity index (χ1n) is 17.9. The Morgan fingerprint density at radius 2 is 0.962 bits per heavy atom. The van der Waals surface area contributed by atoms with E-state index in [1.807, 2.05) is 36.4 Å². The van der Waals surface area contributed by atoms with Crippen LogP contribution in [-0.2, 0) is 0 Å². The van der Waals surface area contributed by atoms with E-state index < -0.39 is 6.17 Å². The monoisotopic (exact) mass is 679 g/mol. The van der Waals surface area contributed by atoms with Crippen LogP contribution in [0, 0.1) is 0 Å². The molecule has 0 amide bonds. The molecule has 8 aromatic carbocycles. The molecule has 1 aliphatic heterocycles. The summed E-state index contributed by atoms with van der Waals surface area (Å²) in [7, 11) is 0. The lowest BCUT2D eigenvalue weighted by molar-refractivity contribution is 0.669. The van der Waals surface area contributed by atoms with Crippen LogP contribution in [0.1, 0.15) is 22.9 Å². The standard InChI is InChI=1S/C49H33N3O/c1-3-10-32(11-4-1)34-18-20-36(21-19-34)41-28-29-44-43(31-41)46-42(16-9-17-45(46)53-44)49-51-47(37-13-5-2-6-14-37)50-48(52-49)38-25-22-35(23-26-38)40-27-24-33-12-7-8-15-39(33)30-40/h1-31,48H,(H,50,51,52). The molecule has 4 heteroatoms. The molecule has 0 saturated carbocycles. The molecule has 0 spiro atoms. The van der Waals surface area contributed by atoms with E-state index in [1.165, 1.54) is 27.5 Å². The minimum absolute atomic E-state index is 0.431. The topological polar surface area (TPSA) is 49.9 Å². The summed E-state index contributed by atoms with van der Waals surface area (Å²) in [4.78, 5) is 10.4. The summed E-state index contributed by atoms with van der Waals surface area (Å²) < 4.78 is 6.44. The van der Waals surface area contributed by atoms with Gasteiger partial charge in [-0.3, -0.25) is 0 Å². The average molecular weight is 680 g/mol. The fourth-order valence-electron chi connectivity index (χ4n) is 7.38. The van der Waals surface area contributed by atoms with Gasteiger partial charge in [0, 0.05) is 21.9 Å². The Morgan fingerprint density at radius 3 is 1.72 bits per heavy atom. The maximum Gasteiger partial charge on any atom is 0.169 e. The fraction of sp³-hybridized carbons (Fsp3) is 0.0204. The molecule has 0 radical (unpaired) electrons. The molecule has 0 bridgehead atoms. The number of aliphatic imine (C=N–C) groups is 2. The lowest BCUT2D eigenvalue weighted by Gasteiger charge is -2.23. The summed E-state index contributed by atoms with van der Waals surface area (Å²) in [5, 5.41) is 8.15. The predicted molar refractivity (Wildman–Crippen MR) is 219 cm³/mol. The number of amidine groups is 2. The molecule has 1 aromatic heterocycles. The van der Waals surface area contributed by atoms with Crippen LogP contribution in [0.15, 0.2) is 202 Å². The van der Waals surface area contributed by atoms with Gasteiger partial charge in [-0.15, -0.1) is 0 Å². The van der Waals surface area contributed by atoms with Crippen molar-refractivity contribution < 1.29 is 4.42 Å². The molecule has 250 valence electrons. The second-order valence-electron chi connectivity index (χ2n) is 13.4. The van der Waals surface area contributed by atoms with Crippen molar-refractivity contribution in [3.63, 3.8) is 0 Å². The van der Waals surface area contributed by atoms with E-state index in [4.69, 9.17) is 14.4 Å². The summed E-state index contributed by atoms with van der Waals surface area (Å²) in [6.45, 7) is 0. The summed E-state index contributed by atoms with van der Waals surface area (Å²) >= 11 is 0. The van der Waals surface area contributed by atoms with Gasteiger partial charge in [-0.25, -0.2) is 9.98 Å². The molecule has 0 aliphatic carbocycles. The molecular formula is C49H33N3O. The van der Waals surface area contributed by atoms with Crippen LogP contribution in [0.2, 0.25) is 0 Å². The number of hydrogen-bond donors (Lipinski definition) is 1. The van der Waals surface area contributed by atoms with E-state index in [9.17, 15) is 0 Å². The van der Waals surface area contributed by atoms with Gasteiger partial charge in [0.25, 0.3) is 0 Å². The molecule has 1 aliphatic rings. The van der Waals surface area contributed by atoms with Gasteiger partial charge in [0.1, 0.15) is 22.8 Å². The number of furan rings is 1. The molecule has 1 atom stereocenters. The summed E-state index contributed by atoms with van der Waals surface area (Å²) in [6.07, 6.45) is -0.431. The maximum atomic E-state index is 6.44. The van der Waals surface area contributed by atoms with Crippen LogP contribution < -0.4 is 5.32 Å². The van der Waals surface area contributed by atoms with Crippen molar-refractivity contribution in [1.82, 2.24) is 5.32 Å². The second kappa shape index (κ2) is 12.9. The Kier molecular flexibility index (Phi) is 7.51. The number of hydrogen-bond acceptors (Lipinski definition) is 4. The van der Waals surface area contributed by atoms with Gasteiger partial charge < -0.3 is 9.73 Å². The highest BCUT2D eigenvalue weighted by atomic mass is 16.3. The summed E-state index contributed by atoms with van der Waals surface area (Å²) in [5.74, 6) is 1.54. The number of nitrogens with zero attached hydrogens (tertiary/aromatic N) is 2. The first kappa shape index (κ1) is 30.8. The van der Waals surface area contributed by atoms with Crippen molar-refractivity contribution in [1.29, 1.82) is 0 Å². The molecule has 4 nitrogen and oxygen atoms in total. The molecule has 0 fully saturated rings. The van der Waals surface area contributed by atoms with E-state index in [0.717, 1.165) is 67.0 Å². The Labute approximate surface area is 307 Å². The third-order valence-corrected chi connectivity index (χ3v) is 10.2. The SMILES string of the molecule is c1ccc(C2=NC(c3ccc(-c4ccc5ccccc5c4)cc3)N=C(c3cccc4oc5ccc(-c6ccc(-c7ccccc7)cc6)cc5c34)N2)cc1. The van der Waals surface area contributed by atoms with Gasteiger partial charge >= 0.3 is 0 Å². The van der Waals surface area contributed by atoms with E-state index >= 15 is 0 Å². The van der Waals surface area contributed by atoms with Crippen LogP contribution in [0.25, 0.3) is 66.1 Å². The minimum Gasteiger partial charge on any atom is -0.456 e. The van der Waals surface area contributed by atoms with Crippen molar-refractivity contribution in [3.8, 4) is 33.4 Å². The van der Waals surface area contributed by atoms with Crippen LogP contribution >= 0.6 is 0 Å². The highest BCUT2D eigenvalue weighted by molar-refractivity contribution is 6.23. The van der Waals surface area contributed by atoms with Gasteiger partial charge in [-0.2, -0.15) is 0 Å². The number of benzene rings is 8. The zero-order chi connectivity index (χ0) is 35.1. The normalized spacial score (nSPS) is 14.2. The lowest BCUT2D eigenvalue weighted by Crippen LogP contribution is -2.36. The van der Waals surface area contributed by atoms with E-state index in [2.05, 4.69) is 157 Å². The molecule has 2 heterocycles. The summed E-state index contributed by atoms with van der Waals surface area (Å²) in [5.41, 5.74) is 11.7. The van der Waals surface area contributed by atoms with Gasteiger partial charge in [-0.1, -0.05) is 164 Å². The van der Waals surface area contributed by atoms with Crippen molar-refractivity contribution in [2.75, 3.05) is 0 Å². The number of fused-ring (bicyclic) bond motifs is 4. The van der Waals surface area contributed by atoms with Crippen molar-refractivity contribution in [2.45, 2.75) is 6.17 Å². The molecule has 1 N–H and O–H groups in total. The Bertz CT molecular complexity index is 2830. The highest BCUT2D eigenvalue weighted by Gasteiger charge is 2.24. The molecule has 53 heavy (non-hydrogen) atoms. The molecular weight excluding hydrogens is 647 g/mol. The van der Waals surface area contributed by atoms with Crippen LogP contribution in [-0.4, -0.2) is 11.7 Å². The zero-order valence-corrected chi connectivity index (χ0v) is 28.8. The molecule has 1 unspecified atom stereocenters. The van der Waals surface area contributed by atoms with Gasteiger partial charge in [0.15, 0.2) is 6.17 Å². The fourth-order valence-corrected chi connectivity index (χ4v) is 7.38. The zero-order valence-electron chi connectivity index (χ0n) is 28.8. The second-order valence-corrected chi connectivity index (χ2v) is 13.4. The minimum atomic E-state index is -0.431. The third-order valence-electron chi connectivity index (χ3n) is 10.2. The average Bonchev–Trinajstić information content (AvgIpc) is 3.62. The third kappa shape index (κ3) is 5.77. The van der Waals surface area contributed by atoms with E-state index in [1.54, 1.807) is 0 Å². The van der Waals surface area contributed by atoms with Gasteiger partial charge in [-0.05, 0) is 74.0 Å². The Hall–Kier alpha value is -7.04. The molecule has 9 aromatic rings. The van der Waals surface area contributed by atoms with Crippen molar-refractivity contribution >= 4 is 44.4 Å². The Balaban J connectivity index is 1.05. The maximum absolute atomic E-state index is 6.44. The van der Waals surface area contributed by atoms with Crippen LogP contribution in [0.3, 0.4) is 0 Å². The predicted octanol–water partition coefficient (Wildman–Crippen LogP) is 12.2. The van der Waals surface area contributed by atoms with Crippen LogP contribution in [0.4, 0.5) is 0 Å². The van der Waals surface area contributed by atoms with E-state index in [-0.39, 0.29) is 0 Å². The highest BCUT2D eigenvalue weighted by Crippen LogP contribution is 2.36.